The van der Waals surface area contributed by atoms with E-state index in [9.17, 15) is 0 Å². The van der Waals surface area contributed by atoms with E-state index in [1.54, 1.807) is 0 Å². The van der Waals surface area contributed by atoms with E-state index in [1.807, 2.05) is 0 Å². The molecule has 0 aliphatic heterocycles. The third-order valence-corrected chi connectivity index (χ3v) is 5.08. The Bertz CT molecular complexity index is 398. The fourth-order valence-electron chi connectivity index (χ4n) is 3.75. The van der Waals surface area contributed by atoms with Crippen LogP contribution in [0.4, 0.5) is 0 Å². The summed E-state index contributed by atoms with van der Waals surface area (Å²) in [6, 6.07) is 10.3. The second-order valence-electron chi connectivity index (χ2n) is 6.10. The summed E-state index contributed by atoms with van der Waals surface area (Å²) < 4.78 is 0. The van der Waals surface area contributed by atoms with Gasteiger partial charge < -0.3 is 5.73 Å². The fourth-order valence-corrected chi connectivity index (χ4v) is 3.75. The number of nitrogens with zero attached hydrogens (tertiary/aromatic N) is 1. The average Bonchev–Trinajstić information content (AvgIpc) is 2.96. The lowest BCUT2D eigenvalue weighted by atomic mass is 9.97. The molecule has 2 nitrogen and oxygen atoms in total. The molecule has 1 aromatic carbocycles. The highest BCUT2D eigenvalue weighted by Gasteiger charge is 2.32. The van der Waals surface area contributed by atoms with Crippen molar-refractivity contribution in [1.82, 2.24) is 4.90 Å². The largest absolute Gasteiger partial charge is 0.330 e. The zero-order valence-corrected chi connectivity index (χ0v) is 13.3. The van der Waals surface area contributed by atoms with Crippen LogP contribution in [0.25, 0.3) is 0 Å². The van der Waals surface area contributed by atoms with Gasteiger partial charge in [-0.25, -0.2) is 0 Å². The molecule has 2 heteroatoms. The lowest BCUT2D eigenvalue weighted by Gasteiger charge is -2.37. The Morgan fingerprint density at radius 3 is 2.45 bits per heavy atom. The van der Waals surface area contributed by atoms with Gasteiger partial charge in [-0.05, 0) is 56.3 Å². The quantitative estimate of drug-likeness (QED) is 0.856. The molecule has 1 aliphatic rings. The molecule has 0 aromatic heterocycles. The molecular formula is C18H30N2. The van der Waals surface area contributed by atoms with Crippen LogP contribution in [0.3, 0.4) is 0 Å². The van der Waals surface area contributed by atoms with Crippen LogP contribution in [0.5, 0.6) is 0 Å². The number of nitrogens with two attached hydrogens (primary N) is 1. The van der Waals surface area contributed by atoms with Crippen LogP contribution in [-0.2, 0) is 6.42 Å². The number of rotatable bonds is 6. The Morgan fingerprint density at radius 2 is 1.90 bits per heavy atom. The molecule has 1 saturated carbocycles. The van der Waals surface area contributed by atoms with Gasteiger partial charge in [-0.1, -0.05) is 44.5 Å². The molecule has 0 amide bonds. The highest BCUT2D eigenvalue weighted by molar-refractivity contribution is 5.25. The van der Waals surface area contributed by atoms with E-state index in [1.165, 1.54) is 30.4 Å². The van der Waals surface area contributed by atoms with Gasteiger partial charge in [0.15, 0.2) is 0 Å². The minimum Gasteiger partial charge on any atom is -0.330 e. The average molecular weight is 274 g/mol. The van der Waals surface area contributed by atoms with Gasteiger partial charge in [-0.15, -0.1) is 0 Å². The standard InChI is InChI=1S/C18H30N2/c1-4-15-9-11-16(12-10-15)14(3)20(5-2)18-8-6-7-17(18)13-19/h9-12,14,17-18H,4-8,13,19H2,1-3H3. The van der Waals surface area contributed by atoms with Crippen molar-refractivity contribution in [2.24, 2.45) is 11.7 Å². The molecule has 1 aliphatic carbocycles. The summed E-state index contributed by atoms with van der Waals surface area (Å²) in [6.45, 7) is 8.78. The maximum Gasteiger partial charge on any atom is 0.0322 e. The summed E-state index contributed by atoms with van der Waals surface area (Å²) in [5.74, 6) is 0.687. The first-order chi connectivity index (χ1) is 9.71. The highest BCUT2D eigenvalue weighted by atomic mass is 15.2. The van der Waals surface area contributed by atoms with E-state index in [-0.39, 0.29) is 0 Å². The van der Waals surface area contributed by atoms with Crippen LogP contribution in [0.1, 0.15) is 57.2 Å². The first-order valence-corrected chi connectivity index (χ1v) is 8.25. The maximum atomic E-state index is 5.97. The summed E-state index contributed by atoms with van der Waals surface area (Å²) in [5.41, 5.74) is 8.82. The molecule has 0 spiro atoms. The molecule has 20 heavy (non-hydrogen) atoms. The van der Waals surface area contributed by atoms with E-state index < -0.39 is 0 Å². The van der Waals surface area contributed by atoms with Crippen LogP contribution < -0.4 is 5.73 Å². The lowest BCUT2D eigenvalue weighted by Crippen LogP contribution is -2.41. The molecule has 1 aromatic rings. The summed E-state index contributed by atoms with van der Waals surface area (Å²) in [6.07, 6.45) is 5.07. The van der Waals surface area contributed by atoms with Crippen LogP contribution in [0.2, 0.25) is 0 Å². The molecule has 0 bridgehead atoms. The van der Waals surface area contributed by atoms with Crippen LogP contribution in [-0.4, -0.2) is 24.0 Å². The van der Waals surface area contributed by atoms with E-state index >= 15 is 0 Å². The minimum atomic E-state index is 0.489. The Balaban J connectivity index is 2.13. The fraction of sp³-hybridized carbons (Fsp3) is 0.667. The molecule has 3 atom stereocenters. The van der Waals surface area contributed by atoms with E-state index in [0.29, 0.717) is 18.0 Å². The predicted molar refractivity (Wildman–Crippen MR) is 86.8 cm³/mol. The molecule has 3 unspecified atom stereocenters. The monoisotopic (exact) mass is 274 g/mol. The third kappa shape index (κ3) is 3.24. The summed E-state index contributed by atoms with van der Waals surface area (Å²) >= 11 is 0. The molecule has 0 radical (unpaired) electrons. The van der Waals surface area contributed by atoms with Crippen molar-refractivity contribution < 1.29 is 0 Å². The van der Waals surface area contributed by atoms with Gasteiger partial charge in [0.2, 0.25) is 0 Å². The zero-order chi connectivity index (χ0) is 14.5. The van der Waals surface area contributed by atoms with E-state index in [2.05, 4.69) is 49.9 Å². The van der Waals surface area contributed by atoms with Crippen molar-refractivity contribution in [3.63, 3.8) is 0 Å². The minimum absolute atomic E-state index is 0.489. The van der Waals surface area contributed by atoms with E-state index in [0.717, 1.165) is 19.5 Å². The molecule has 112 valence electrons. The second-order valence-corrected chi connectivity index (χ2v) is 6.10. The number of hydrogen-bond acceptors (Lipinski definition) is 2. The molecule has 2 N–H and O–H groups in total. The first kappa shape index (κ1) is 15.5. The van der Waals surface area contributed by atoms with Crippen molar-refractivity contribution in [2.75, 3.05) is 13.1 Å². The SMILES string of the molecule is CCc1ccc(C(C)N(CC)C2CCCC2CN)cc1. The van der Waals surface area contributed by atoms with Crippen molar-refractivity contribution in [1.29, 1.82) is 0 Å². The smallest absolute Gasteiger partial charge is 0.0322 e. The molecular weight excluding hydrogens is 244 g/mol. The van der Waals surface area contributed by atoms with Gasteiger partial charge in [-0.2, -0.15) is 0 Å². The van der Waals surface area contributed by atoms with E-state index in [4.69, 9.17) is 5.73 Å². The summed E-state index contributed by atoms with van der Waals surface area (Å²) in [7, 11) is 0. The van der Waals surface area contributed by atoms with Gasteiger partial charge in [0.05, 0.1) is 0 Å². The number of aryl methyl sites for hydroxylation is 1. The number of benzene rings is 1. The van der Waals surface area contributed by atoms with Gasteiger partial charge in [-0.3, -0.25) is 4.90 Å². The summed E-state index contributed by atoms with van der Waals surface area (Å²) in [5, 5.41) is 0. The molecule has 0 saturated heterocycles. The maximum absolute atomic E-state index is 5.97. The van der Waals surface area contributed by atoms with Gasteiger partial charge >= 0.3 is 0 Å². The van der Waals surface area contributed by atoms with Gasteiger partial charge in [0.1, 0.15) is 0 Å². The Hall–Kier alpha value is -0.860. The predicted octanol–water partition coefficient (Wildman–Crippen LogP) is 3.76. The topological polar surface area (TPSA) is 29.3 Å². The van der Waals surface area contributed by atoms with Crippen molar-refractivity contribution >= 4 is 0 Å². The van der Waals surface area contributed by atoms with Crippen molar-refractivity contribution in [3.05, 3.63) is 35.4 Å². The Labute approximate surface area is 124 Å². The number of hydrogen-bond donors (Lipinski definition) is 1. The zero-order valence-electron chi connectivity index (χ0n) is 13.3. The van der Waals surface area contributed by atoms with Crippen LogP contribution >= 0.6 is 0 Å². The van der Waals surface area contributed by atoms with Crippen LogP contribution in [0, 0.1) is 5.92 Å². The molecule has 1 fully saturated rings. The lowest BCUT2D eigenvalue weighted by molar-refractivity contribution is 0.123. The van der Waals surface area contributed by atoms with Crippen molar-refractivity contribution in [3.8, 4) is 0 Å². The Morgan fingerprint density at radius 1 is 1.20 bits per heavy atom. The molecule has 0 heterocycles. The highest BCUT2D eigenvalue weighted by Crippen LogP contribution is 2.34. The van der Waals surface area contributed by atoms with Gasteiger partial charge in [0.25, 0.3) is 0 Å². The normalized spacial score (nSPS) is 24.2. The third-order valence-electron chi connectivity index (χ3n) is 5.08. The summed E-state index contributed by atoms with van der Waals surface area (Å²) in [4.78, 5) is 2.66. The molecule has 2 rings (SSSR count). The second kappa shape index (κ2) is 7.24. The Kier molecular flexibility index (Phi) is 5.62. The van der Waals surface area contributed by atoms with Crippen LogP contribution in [0.15, 0.2) is 24.3 Å². The van der Waals surface area contributed by atoms with Crippen molar-refractivity contribution in [2.45, 2.75) is 58.5 Å². The van der Waals surface area contributed by atoms with Gasteiger partial charge in [0, 0.05) is 12.1 Å². The first-order valence-electron chi connectivity index (χ1n) is 8.25.